The van der Waals surface area contributed by atoms with Crippen molar-refractivity contribution in [2.75, 3.05) is 0 Å². The minimum Gasteiger partial charge on any atom is -0.480 e. The first-order valence-corrected chi connectivity index (χ1v) is 7.03. The molecule has 0 amide bonds. The summed E-state index contributed by atoms with van der Waals surface area (Å²) >= 11 is 0. The predicted molar refractivity (Wildman–Crippen MR) is 79.7 cm³/mol. The minimum absolute atomic E-state index is 0.360. The van der Waals surface area contributed by atoms with Gasteiger partial charge in [0.25, 0.3) is 0 Å². The third kappa shape index (κ3) is 3.70. The summed E-state index contributed by atoms with van der Waals surface area (Å²) in [5.41, 5.74) is 0.649. The Morgan fingerprint density at radius 2 is 2.10 bits per heavy atom. The van der Waals surface area contributed by atoms with Crippen LogP contribution in [0.15, 0.2) is 41.0 Å². The highest BCUT2D eigenvalue weighted by Gasteiger charge is 2.31. The maximum atomic E-state index is 11.4. The molecule has 2 aromatic rings. The zero-order valence-electron chi connectivity index (χ0n) is 12.3. The zero-order chi connectivity index (χ0) is 15.3. The molecule has 0 bridgehead atoms. The number of carboxylic acids is 1. The molecule has 0 spiro atoms. The minimum atomic E-state index is -0.944. The Hall–Kier alpha value is -2.14. The van der Waals surface area contributed by atoms with Crippen LogP contribution in [-0.2, 0) is 11.3 Å². The van der Waals surface area contributed by atoms with Crippen molar-refractivity contribution >= 4 is 5.97 Å². The number of hydrogen-bond donors (Lipinski definition) is 2. The van der Waals surface area contributed by atoms with Crippen molar-refractivity contribution in [3.63, 3.8) is 0 Å². The van der Waals surface area contributed by atoms with E-state index in [0.717, 1.165) is 12.0 Å². The number of oxazole rings is 1. The summed E-state index contributed by atoms with van der Waals surface area (Å²) in [5.74, 6) is -0.309. The molecule has 0 fully saturated rings. The third-order valence-electron chi connectivity index (χ3n) is 3.45. The average Bonchev–Trinajstić information content (AvgIpc) is 2.95. The first kappa shape index (κ1) is 15.3. The normalized spacial score (nSPS) is 13.8. The summed E-state index contributed by atoms with van der Waals surface area (Å²) in [6.45, 7) is 4.02. The van der Waals surface area contributed by atoms with Gasteiger partial charge in [-0.05, 0) is 25.5 Å². The molecule has 2 N–H and O–H groups in total. The summed E-state index contributed by atoms with van der Waals surface area (Å²) < 4.78 is 5.44. The van der Waals surface area contributed by atoms with Crippen molar-refractivity contribution < 1.29 is 14.3 Å². The average molecular weight is 288 g/mol. The van der Waals surface area contributed by atoms with Gasteiger partial charge in [0.2, 0.25) is 5.89 Å². The molecule has 1 aromatic carbocycles. The molecule has 0 saturated carbocycles. The molecule has 0 radical (unpaired) electrons. The molecule has 0 aliphatic carbocycles. The van der Waals surface area contributed by atoms with E-state index >= 15 is 0 Å². The summed E-state index contributed by atoms with van der Waals surface area (Å²) in [6.07, 6.45) is 2.92. The van der Waals surface area contributed by atoms with Crippen LogP contribution < -0.4 is 5.32 Å². The molecule has 5 heteroatoms. The van der Waals surface area contributed by atoms with E-state index in [9.17, 15) is 9.90 Å². The molecule has 112 valence electrons. The molecule has 1 aromatic heterocycles. The van der Waals surface area contributed by atoms with E-state index in [1.165, 1.54) is 0 Å². The van der Waals surface area contributed by atoms with Crippen LogP contribution in [0.3, 0.4) is 0 Å². The highest BCUT2D eigenvalue weighted by atomic mass is 16.4. The van der Waals surface area contributed by atoms with Crippen LogP contribution in [0, 0.1) is 0 Å². The number of nitrogens with zero attached hydrogens (tertiary/aromatic N) is 1. The quantitative estimate of drug-likeness (QED) is 0.819. The first-order valence-electron chi connectivity index (χ1n) is 7.03. The summed E-state index contributed by atoms with van der Waals surface area (Å²) in [4.78, 5) is 15.7. The highest BCUT2D eigenvalue weighted by molar-refractivity contribution is 5.78. The molecular formula is C16H20N2O3. The highest BCUT2D eigenvalue weighted by Crippen LogP contribution is 2.19. The van der Waals surface area contributed by atoms with Crippen molar-refractivity contribution in [2.24, 2.45) is 0 Å². The number of carboxylic acid groups (broad SMARTS) is 1. The fraction of sp³-hybridized carbons (Fsp3) is 0.375. The Labute approximate surface area is 124 Å². The number of benzene rings is 1. The Balaban J connectivity index is 2.04. The van der Waals surface area contributed by atoms with Crippen LogP contribution in [0.25, 0.3) is 11.5 Å². The fourth-order valence-electron chi connectivity index (χ4n) is 2.16. The topological polar surface area (TPSA) is 75.4 Å². The van der Waals surface area contributed by atoms with Crippen molar-refractivity contribution in [1.29, 1.82) is 0 Å². The molecule has 0 saturated heterocycles. The molecule has 5 nitrogen and oxygen atoms in total. The van der Waals surface area contributed by atoms with Crippen molar-refractivity contribution in [3.05, 3.63) is 42.3 Å². The van der Waals surface area contributed by atoms with Crippen LogP contribution >= 0.6 is 0 Å². The standard InChI is InChI=1S/C16H20N2O3/c1-3-9-16(2,15(19)20)17-10-13-11-21-14(18-13)12-7-5-4-6-8-12/h4-8,11,17H,3,9-10H2,1-2H3,(H,19,20). The lowest BCUT2D eigenvalue weighted by Gasteiger charge is -2.25. The van der Waals surface area contributed by atoms with Gasteiger partial charge in [-0.15, -0.1) is 0 Å². The van der Waals surface area contributed by atoms with E-state index in [2.05, 4.69) is 10.3 Å². The predicted octanol–water partition coefficient (Wildman–Crippen LogP) is 3.07. The molecule has 0 aliphatic rings. The summed E-state index contributed by atoms with van der Waals surface area (Å²) in [6, 6.07) is 9.60. The second-order valence-corrected chi connectivity index (χ2v) is 5.25. The summed E-state index contributed by atoms with van der Waals surface area (Å²) in [5, 5.41) is 12.4. The van der Waals surface area contributed by atoms with E-state index in [1.807, 2.05) is 37.3 Å². The van der Waals surface area contributed by atoms with Gasteiger partial charge in [0.1, 0.15) is 11.8 Å². The zero-order valence-corrected chi connectivity index (χ0v) is 12.3. The van der Waals surface area contributed by atoms with Crippen molar-refractivity contribution in [1.82, 2.24) is 10.3 Å². The number of hydrogen-bond acceptors (Lipinski definition) is 4. The van der Waals surface area contributed by atoms with E-state index < -0.39 is 11.5 Å². The largest absolute Gasteiger partial charge is 0.480 e. The Morgan fingerprint density at radius 1 is 1.38 bits per heavy atom. The second kappa shape index (κ2) is 6.54. The lowest BCUT2D eigenvalue weighted by molar-refractivity contribution is -0.144. The molecule has 1 heterocycles. The van der Waals surface area contributed by atoms with Gasteiger partial charge in [-0.1, -0.05) is 31.5 Å². The molecular weight excluding hydrogens is 268 g/mol. The monoisotopic (exact) mass is 288 g/mol. The van der Waals surface area contributed by atoms with Crippen molar-refractivity contribution in [3.8, 4) is 11.5 Å². The molecule has 1 atom stereocenters. The lowest BCUT2D eigenvalue weighted by atomic mass is 9.96. The fourth-order valence-corrected chi connectivity index (χ4v) is 2.16. The number of nitrogens with one attached hydrogen (secondary N) is 1. The number of rotatable bonds is 7. The van der Waals surface area contributed by atoms with E-state index in [0.29, 0.717) is 24.6 Å². The smallest absolute Gasteiger partial charge is 0.323 e. The van der Waals surface area contributed by atoms with Crippen LogP contribution in [0.1, 0.15) is 32.4 Å². The van der Waals surface area contributed by atoms with Crippen LogP contribution in [-0.4, -0.2) is 21.6 Å². The molecule has 2 rings (SSSR count). The van der Waals surface area contributed by atoms with Gasteiger partial charge >= 0.3 is 5.97 Å². The first-order chi connectivity index (χ1) is 10.0. The van der Waals surface area contributed by atoms with Crippen LogP contribution in [0.5, 0.6) is 0 Å². The van der Waals surface area contributed by atoms with Gasteiger partial charge in [0.05, 0.1) is 5.69 Å². The van der Waals surface area contributed by atoms with E-state index in [4.69, 9.17) is 4.42 Å². The molecule has 1 unspecified atom stereocenters. The number of aromatic nitrogens is 1. The molecule has 21 heavy (non-hydrogen) atoms. The van der Waals surface area contributed by atoms with Gasteiger partial charge in [0.15, 0.2) is 0 Å². The Kier molecular flexibility index (Phi) is 4.75. The maximum absolute atomic E-state index is 11.4. The van der Waals surface area contributed by atoms with Gasteiger partial charge in [-0.3, -0.25) is 10.1 Å². The SMILES string of the molecule is CCCC(C)(NCc1coc(-c2ccccc2)n1)C(=O)O. The van der Waals surface area contributed by atoms with E-state index in [1.54, 1.807) is 13.2 Å². The number of carbonyl (C=O) groups is 1. The van der Waals surface area contributed by atoms with Crippen molar-refractivity contribution in [2.45, 2.75) is 38.8 Å². The third-order valence-corrected chi connectivity index (χ3v) is 3.45. The molecule has 0 aliphatic heterocycles. The Morgan fingerprint density at radius 3 is 2.71 bits per heavy atom. The van der Waals surface area contributed by atoms with Crippen LogP contribution in [0.4, 0.5) is 0 Å². The van der Waals surface area contributed by atoms with Crippen LogP contribution in [0.2, 0.25) is 0 Å². The number of aliphatic carboxylic acids is 1. The summed E-state index contributed by atoms with van der Waals surface area (Å²) in [7, 11) is 0. The van der Waals surface area contributed by atoms with Gasteiger partial charge < -0.3 is 9.52 Å². The second-order valence-electron chi connectivity index (χ2n) is 5.25. The maximum Gasteiger partial charge on any atom is 0.323 e. The van der Waals surface area contributed by atoms with Gasteiger partial charge in [-0.2, -0.15) is 0 Å². The van der Waals surface area contributed by atoms with Gasteiger partial charge in [0, 0.05) is 12.1 Å². The Bertz CT molecular complexity index is 595. The van der Waals surface area contributed by atoms with Gasteiger partial charge in [-0.25, -0.2) is 4.98 Å². The lowest BCUT2D eigenvalue weighted by Crippen LogP contribution is -2.48. The van der Waals surface area contributed by atoms with E-state index in [-0.39, 0.29) is 0 Å².